The van der Waals surface area contributed by atoms with Crippen molar-refractivity contribution in [2.24, 2.45) is 0 Å². The van der Waals surface area contributed by atoms with Crippen molar-refractivity contribution in [3.8, 4) is 0 Å². The van der Waals surface area contributed by atoms with Gasteiger partial charge in [0.1, 0.15) is 0 Å². The molecule has 1 atom stereocenters. The molecule has 0 spiro atoms. The van der Waals surface area contributed by atoms with Crippen LogP contribution >= 0.6 is 5.94 Å². The Morgan fingerprint density at radius 3 is 1.83 bits per heavy atom. The summed E-state index contributed by atoms with van der Waals surface area (Å²) in [6, 6.07) is 0. The number of hydrogen-bond acceptors (Lipinski definition) is 1. The molecule has 0 rings (SSSR count). The van der Waals surface area contributed by atoms with Crippen molar-refractivity contribution in [2.45, 2.75) is 0 Å². The molecule has 0 saturated carbocycles. The van der Waals surface area contributed by atoms with Crippen LogP contribution in [0.15, 0.2) is 0 Å². The monoisotopic (exact) mass is 141 g/mol. The van der Waals surface area contributed by atoms with E-state index in [-0.39, 0.29) is 18.9 Å². The molecular formula is H4BFeLiO2P. The van der Waals surface area contributed by atoms with E-state index in [1.54, 1.807) is 0 Å². The second kappa shape index (κ2) is 3.38. The average Bonchev–Trinajstić information content (AvgIpc) is 0.722. The Balaban J connectivity index is 0. The predicted octanol–water partition coefficient (Wildman–Crippen LogP) is -1.38. The molecule has 33 valence electrons. The van der Waals surface area contributed by atoms with Crippen molar-refractivity contribution < 1.29 is 25.0 Å². The molecule has 0 aromatic rings. The van der Waals surface area contributed by atoms with Gasteiger partial charge in [-0.15, -0.1) is 0 Å². The molecule has 0 heterocycles. The van der Waals surface area contributed by atoms with Crippen molar-refractivity contribution in [2.75, 3.05) is 0 Å². The predicted molar refractivity (Wildman–Crippen MR) is 25.5 cm³/mol. The average molecular weight is 141 g/mol. The zero-order valence-electron chi connectivity index (χ0n) is 2.66. The number of hydrogen-bond donors (Lipinski definition) is 1. The molecule has 2 nitrogen and oxygen atoms in total. The Bertz CT molecular complexity index is 59.7. The third-order valence-electron chi connectivity index (χ3n) is 0. The van der Waals surface area contributed by atoms with Gasteiger partial charge in [0.15, 0.2) is 0 Å². The van der Waals surface area contributed by atoms with Gasteiger partial charge in [0.05, 0.1) is 0 Å². The summed E-state index contributed by atoms with van der Waals surface area (Å²) < 4.78 is 9.66. The summed E-state index contributed by atoms with van der Waals surface area (Å²) in [5.41, 5.74) is 0. The van der Waals surface area contributed by atoms with Gasteiger partial charge >= 0.3 is 57.4 Å². The van der Waals surface area contributed by atoms with Gasteiger partial charge in [-0.05, 0) is 0 Å². The molecule has 0 amide bonds. The van der Waals surface area contributed by atoms with Crippen LogP contribution in [0.1, 0.15) is 0 Å². The molecule has 1 unspecified atom stereocenters. The van der Waals surface area contributed by atoms with E-state index in [1.807, 2.05) is 0 Å². The molecular weight excluding hydrogens is 137 g/mol. The third-order valence-corrected chi connectivity index (χ3v) is 0. The minimum atomic E-state index is -2.89. The minimum absolute atomic E-state index is 0. The Kier molecular flexibility index (Phi) is 5.85. The summed E-state index contributed by atoms with van der Waals surface area (Å²) in [7, 11) is 1.19. The van der Waals surface area contributed by atoms with Crippen molar-refractivity contribution in [3.63, 3.8) is 0 Å². The first-order valence-corrected chi connectivity index (χ1v) is 4.45. The Labute approximate surface area is 57.5 Å². The van der Waals surface area contributed by atoms with E-state index in [2.05, 4.69) is 15.6 Å². The van der Waals surface area contributed by atoms with Crippen LogP contribution < -0.4 is 0 Å². The first kappa shape index (κ1) is 10.4. The molecule has 0 aromatic carbocycles. The molecule has 0 aromatic heterocycles. The van der Waals surface area contributed by atoms with Gasteiger partial charge in [0.2, 0.25) is 0 Å². The Morgan fingerprint density at radius 2 is 1.83 bits per heavy atom. The number of rotatable bonds is 0. The van der Waals surface area contributed by atoms with Crippen LogP contribution in [0.2, 0.25) is 0 Å². The van der Waals surface area contributed by atoms with E-state index in [1.165, 1.54) is 7.57 Å². The normalized spacial score (nSPS) is 17.7. The quantitative estimate of drug-likeness (QED) is 0.333. The molecule has 0 aliphatic rings. The summed E-state index contributed by atoms with van der Waals surface area (Å²) >= 11 is 2.88. The van der Waals surface area contributed by atoms with Crippen LogP contribution in [0.25, 0.3) is 0 Å². The standard InChI is InChI=1S/BH2O2P.Fe.Li.H/c1-4(2)3;;;/h1H2;;;/q;-1;;/p+1. The van der Waals surface area contributed by atoms with E-state index >= 15 is 0 Å². The molecule has 6 heavy (non-hydrogen) atoms. The first-order chi connectivity index (χ1) is 2.00. The van der Waals surface area contributed by atoms with Crippen LogP contribution in [-0.4, -0.2) is 31.3 Å². The molecule has 0 aliphatic heterocycles. The van der Waals surface area contributed by atoms with Crippen LogP contribution in [0, 0.1) is 0 Å². The fourth-order valence-corrected chi connectivity index (χ4v) is 0. The van der Waals surface area contributed by atoms with E-state index in [0.717, 1.165) is 0 Å². The third kappa shape index (κ3) is 54.6. The maximum absolute atomic E-state index is 9.66. The molecule has 0 fully saturated rings. The van der Waals surface area contributed by atoms with E-state index < -0.39 is 5.94 Å². The van der Waals surface area contributed by atoms with Crippen LogP contribution in [0.3, 0.4) is 0 Å². The Morgan fingerprint density at radius 1 is 1.83 bits per heavy atom. The maximum atomic E-state index is 9.66. The van der Waals surface area contributed by atoms with Crippen molar-refractivity contribution in [1.82, 2.24) is 0 Å². The molecule has 0 bridgehead atoms. The topological polar surface area (TPSA) is 37.3 Å². The van der Waals surface area contributed by atoms with E-state index in [9.17, 15) is 4.57 Å². The van der Waals surface area contributed by atoms with Gasteiger partial charge in [0, 0.05) is 0 Å². The first-order valence-electron chi connectivity index (χ1n) is 0.988. The fourth-order valence-electron chi connectivity index (χ4n) is 0. The molecule has 1 N–H and O–H groups in total. The van der Waals surface area contributed by atoms with Crippen LogP contribution in [0.5, 0.6) is 0 Å². The molecule has 6 heteroatoms. The summed E-state index contributed by atoms with van der Waals surface area (Å²) in [6.45, 7) is 0. The SMILES string of the molecule is B[P](=O)(O)[Fe].[LiH]. The second-order valence-electron chi connectivity index (χ2n) is 0.758. The van der Waals surface area contributed by atoms with Gasteiger partial charge < -0.3 is 0 Å². The van der Waals surface area contributed by atoms with Gasteiger partial charge in [0.25, 0.3) is 0 Å². The Hall–Kier alpha value is 1.37. The summed E-state index contributed by atoms with van der Waals surface area (Å²) in [5, 5.41) is 0. The molecule has 0 saturated heterocycles. The van der Waals surface area contributed by atoms with Gasteiger partial charge in [-0.2, -0.15) is 0 Å². The fraction of sp³-hybridized carbons (Fsp3) is 0. The zero-order valence-corrected chi connectivity index (χ0v) is 4.65. The second-order valence-corrected chi connectivity index (χ2v) is 5.02. The molecule has 0 radical (unpaired) electrons. The van der Waals surface area contributed by atoms with Crippen LogP contribution in [0.4, 0.5) is 0 Å². The van der Waals surface area contributed by atoms with Gasteiger partial charge in [-0.25, -0.2) is 0 Å². The van der Waals surface area contributed by atoms with Gasteiger partial charge in [-0.3, -0.25) is 0 Å². The van der Waals surface area contributed by atoms with Gasteiger partial charge in [-0.1, -0.05) is 0 Å². The summed E-state index contributed by atoms with van der Waals surface area (Å²) in [4.78, 5) is 7.97. The van der Waals surface area contributed by atoms with Crippen LogP contribution in [-0.2, 0) is 20.1 Å². The van der Waals surface area contributed by atoms with Crippen molar-refractivity contribution in [1.29, 1.82) is 0 Å². The van der Waals surface area contributed by atoms with Crippen molar-refractivity contribution >= 4 is 32.4 Å². The summed E-state index contributed by atoms with van der Waals surface area (Å²) in [6.07, 6.45) is 0. The van der Waals surface area contributed by atoms with Crippen molar-refractivity contribution in [3.05, 3.63) is 0 Å². The van der Waals surface area contributed by atoms with E-state index in [4.69, 9.17) is 4.89 Å². The zero-order chi connectivity index (χ0) is 4.50. The summed E-state index contributed by atoms with van der Waals surface area (Å²) in [5.74, 6) is -2.89. The molecule has 0 aliphatic carbocycles. The van der Waals surface area contributed by atoms with E-state index in [0.29, 0.717) is 0 Å².